The number of amides is 1. The summed E-state index contributed by atoms with van der Waals surface area (Å²) in [4.78, 5) is 15.7. The van der Waals surface area contributed by atoms with E-state index in [0.29, 0.717) is 17.3 Å². The maximum Gasteiger partial charge on any atom is 0.224 e. The largest absolute Gasteiger partial charge is 0.446 e. The van der Waals surface area contributed by atoms with Crippen LogP contribution in [0.3, 0.4) is 0 Å². The van der Waals surface area contributed by atoms with Crippen LogP contribution >= 0.6 is 11.6 Å². The summed E-state index contributed by atoms with van der Waals surface area (Å²) in [6.45, 7) is 2.17. The number of halogens is 1. The molecule has 1 aromatic heterocycles. The lowest BCUT2D eigenvalue weighted by Crippen LogP contribution is -2.24. The second-order valence-electron chi connectivity index (χ2n) is 3.91. The number of rotatable bonds is 4. The predicted octanol–water partition coefficient (Wildman–Crippen LogP) is 2.50. The minimum absolute atomic E-state index is 0.0982. The van der Waals surface area contributed by atoms with E-state index in [9.17, 15) is 4.79 Å². The third-order valence-electron chi connectivity index (χ3n) is 2.60. The summed E-state index contributed by atoms with van der Waals surface area (Å²) in [5.41, 5.74) is 1.60. The Hall–Kier alpha value is -1.81. The molecular formula is C13H13ClN2O2. The number of benzene rings is 1. The van der Waals surface area contributed by atoms with Crippen LogP contribution in [0.15, 0.2) is 35.1 Å². The van der Waals surface area contributed by atoms with Gasteiger partial charge in [0.2, 0.25) is 5.91 Å². The van der Waals surface area contributed by atoms with Crippen LogP contribution in [-0.4, -0.2) is 10.9 Å². The van der Waals surface area contributed by atoms with Crippen molar-refractivity contribution in [1.82, 2.24) is 10.3 Å². The molecule has 0 saturated carbocycles. The molecule has 1 N–H and O–H groups in total. The first kappa shape index (κ1) is 12.6. The van der Waals surface area contributed by atoms with Gasteiger partial charge in [-0.1, -0.05) is 29.8 Å². The van der Waals surface area contributed by atoms with Gasteiger partial charge >= 0.3 is 0 Å². The number of nitrogens with one attached hydrogen (secondary N) is 1. The Morgan fingerprint density at radius 2 is 2.22 bits per heavy atom. The molecule has 1 heterocycles. The van der Waals surface area contributed by atoms with Crippen LogP contribution in [0, 0.1) is 6.92 Å². The monoisotopic (exact) mass is 264 g/mol. The van der Waals surface area contributed by atoms with Crippen molar-refractivity contribution >= 4 is 17.5 Å². The van der Waals surface area contributed by atoms with Crippen molar-refractivity contribution in [3.05, 3.63) is 52.7 Å². The number of hydrogen-bond acceptors (Lipinski definition) is 3. The predicted molar refractivity (Wildman–Crippen MR) is 68.2 cm³/mol. The molecule has 0 aliphatic heterocycles. The van der Waals surface area contributed by atoms with Crippen molar-refractivity contribution < 1.29 is 9.21 Å². The molecule has 18 heavy (non-hydrogen) atoms. The highest BCUT2D eigenvalue weighted by Crippen LogP contribution is 2.15. The highest BCUT2D eigenvalue weighted by Gasteiger charge is 2.08. The molecule has 0 atom stereocenters. The molecule has 0 fully saturated rings. The van der Waals surface area contributed by atoms with Gasteiger partial charge < -0.3 is 9.73 Å². The van der Waals surface area contributed by atoms with E-state index in [1.807, 2.05) is 25.1 Å². The van der Waals surface area contributed by atoms with Crippen LogP contribution in [0.4, 0.5) is 0 Å². The number of nitrogens with zero attached hydrogens (tertiary/aromatic N) is 1. The van der Waals surface area contributed by atoms with Crippen LogP contribution in [0.5, 0.6) is 0 Å². The van der Waals surface area contributed by atoms with Crippen molar-refractivity contribution in [2.45, 2.75) is 19.9 Å². The topological polar surface area (TPSA) is 55.1 Å². The Morgan fingerprint density at radius 3 is 2.89 bits per heavy atom. The molecule has 0 radical (unpaired) electrons. The second-order valence-corrected chi connectivity index (χ2v) is 4.31. The third-order valence-corrected chi connectivity index (χ3v) is 2.97. The molecule has 2 aromatic rings. The minimum atomic E-state index is -0.0982. The molecule has 0 saturated heterocycles. The maximum atomic E-state index is 11.7. The summed E-state index contributed by atoms with van der Waals surface area (Å²) in [7, 11) is 0. The Labute approximate surface area is 110 Å². The summed E-state index contributed by atoms with van der Waals surface area (Å²) in [5, 5.41) is 3.37. The summed E-state index contributed by atoms with van der Waals surface area (Å²) in [6.07, 6.45) is 1.62. The molecule has 0 aliphatic rings. The zero-order valence-corrected chi connectivity index (χ0v) is 10.7. The van der Waals surface area contributed by atoms with E-state index in [4.69, 9.17) is 16.0 Å². The van der Waals surface area contributed by atoms with Gasteiger partial charge in [-0.15, -0.1) is 0 Å². The van der Waals surface area contributed by atoms with Gasteiger partial charge in [0.1, 0.15) is 5.76 Å². The minimum Gasteiger partial charge on any atom is -0.446 e. The molecule has 0 bridgehead atoms. The van der Waals surface area contributed by atoms with Crippen LogP contribution in [0.1, 0.15) is 17.0 Å². The fourth-order valence-electron chi connectivity index (χ4n) is 1.55. The summed E-state index contributed by atoms with van der Waals surface area (Å²) < 4.78 is 5.14. The molecule has 4 nitrogen and oxygen atoms in total. The van der Waals surface area contributed by atoms with E-state index in [0.717, 1.165) is 11.3 Å². The molecule has 5 heteroatoms. The van der Waals surface area contributed by atoms with Gasteiger partial charge in [0.25, 0.3) is 0 Å². The number of hydrogen-bond donors (Lipinski definition) is 1. The van der Waals surface area contributed by atoms with Gasteiger partial charge in [-0.2, -0.15) is 0 Å². The van der Waals surface area contributed by atoms with E-state index >= 15 is 0 Å². The number of carbonyl (C=O) groups excluding carboxylic acids is 1. The fraction of sp³-hybridized carbons (Fsp3) is 0.231. The molecule has 1 amide bonds. The SMILES string of the molecule is Cc1ncoc1CNC(=O)Cc1ccccc1Cl. The Morgan fingerprint density at radius 1 is 1.44 bits per heavy atom. The molecular weight excluding hydrogens is 252 g/mol. The van der Waals surface area contributed by atoms with Gasteiger partial charge in [0, 0.05) is 5.02 Å². The maximum absolute atomic E-state index is 11.7. The summed E-state index contributed by atoms with van der Waals surface area (Å²) in [6, 6.07) is 7.29. The smallest absolute Gasteiger partial charge is 0.224 e. The standard InChI is InChI=1S/C13H13ClN2O2/c1-9-12(18-8-16-9)7-15-13(17)6-10-4-2-3-5-11(10)14/h2-5,8H,6-7H2,1H3,(H,15,17). The Bertz CT molecular complexity index is 551. The molecule has 94 valence electrons. The molecule has 0 spiro atoms. The van der Waals surface area contributed by atoms with E-state index in [1.54, 1.807) is 6.07 Å². The number of carbonyl (C=O) groups is 1. The van der Waals surface area contributed by atoms with Crippen LogP contribution in [0.25, 0.3) is 0 Å². The van der Waals surface area contributed by atoms with E-state index < -0.39 is 0 Å². The first-order valence-corrected chi connectivity index (χ1v) is 5.93. The summed E-state index contributed by atoms with van der Waals surface area (Å²) in [5.74, 6) is 0.571. The van der Waals surface area contributed by atoms with Gasteiger partial charge in [-0.25, -0.2) is 4.98 Å². The number of aryl methyl sites for hydroxylation is 1. The number of oxazole rings is 1. The number of aromatic nitrogens is 1. The van der Waals surface area contributed by atoms with Crippen molar-refractivity contribution in [2.75, 3.05) is 0 Å². The molecule has 2 rings (SSSR count). The molecule has 1 aromatic carbocycles. The fourth-order valence-corrected chi connectivity index (χ4v) is 1.75. The first-order chi connectivity index (χ1) is 8.66. The average Bonchev–Trinajstić information content (AvgIpc) is 2.75. The zero-order valence-electron chi connectivity index (χ0n) is 9.94. The van der Waals surface area contributed by atoms with E-state index in [1.165, 1.54) is 6.39 Å². The van der Waals surface area contributed by atoms with Crippen molar-refractivity contribution in [3.63, 3.8) is 0 Å². The third kappa shape index (κ3) is 3.11. The zero-order chi connectivity index (χ0) is 13.0. The lowest BCUT2D eigenvalue weighted by Gasteiger charge is -2.05. The van der Waals surface area contributed by atoms with Crippen molar-refractivity contribution in [1.29, 1.82) is 0 Å². The van der Waals surface area contributed by atoms with Crippen LogP contribution < -0.4 is 5.32 Å². The first-order valence-electron chi connectivity index (χ1n) is 5.56. The lowest BCUT2D eigenvalue weighted by molar-refractivity contribution is -0.120. The molecule has 0 aliphatic carbocycles. The van der Waals surface area contributed by atoms with Crippen LogP contribution in [0.2, 0.25) is 5.02 Å². The van der Waals surface area contributed by atoms with Gasteiger partial charge in [0.15, 0.2) is 6.39 Å². The summed E-state index contributed by atoms with van der Waals surface area (Å²) >= 11 is 5.98. The van der Waals surface area contributed by atoms with Gasteiger partial charge in [-0.3, -0.25) is 4.79 Å². The molecule has 0 unspecified atom stereocenters. The van der Waals surface area contributed by atoms with E-state index in [-0.39, 0.29) is 12.3 Å². The van der Waals surface area contributed by atoms with Gasteiger partial charge in [0.05, 0.1) is 18.7 Å². The van der Waals surface area contributed by atoms with Gasteiger partial charge in [-0.05, 0) is 18.6 Å². The Kier molecular flexibility index (Phi) is 3.99. The lowest BCUT2D eigenvalue weighted by atomic mass is 10.1. The highest BCUT2D eigenvalue weighted by molar-refractivity contribution is 6.31. The highest BCUT2D eigenvalue weighted by atomic mass is 35.5. The van der Waals surface area contributed by atoms with Crippen molar-refractivity contribution in [3.8, 4) is 0 Å². The van der Waals surface area contributed by atoms with E-state index in [2.05, 4.69) is 10.3 Å². The second kappa shape index (κ2) is 5.69. The average molecular weight is 265 g/mol. The normalized spacial score (nSPS) is 10.3. The van der Waals surface area contributed by atoms with Crippen molar-refractivity contribution in [2.24, 2.45) is 0 Å². The quantitative estimate of drug-likeness (QED) is 0.923. The van der Waals surface area contributed by atoms with Crippen LogP contribution in [-0.2, 0) is 17.8 Å². The Balaban J connectivity index is 1.90.